The number of aromatic hydroxyl groups is 2. The summed E-state index contributed by atoms with van der Waals surface area (Å²) in [7, 11) is 0. The highest BCUT2D eigenvalue weighted by molar-refractivity contribution is 5.88. The van der Waals surface area contributed by atoms with Crippen LogP contribution < -0.4 is 18.9 Å². The topological polar surface area (TPSA) is 102 Å². The van der Waals surface area contributed by atoms with E-state index in [9.17, 15) is 10.2 Å². The molecule has 0 saturated carbocycles. The average molecular weight is 1010 g/mol. The van der Waals surface area contributed by atoms with E-state index in [1.54, 1.807) is 24.6 Å². The number of phenols is 2. The number of hydrogen-bond donors (Lipinski definition) is 2. The molecule has 2 aromatic rings. The number of rotatable bonds is 53. The molecule has 0 heterocycles. The fraction of sp³-hybridized carbons (Fsp3) is 0.781. The molecule has 0 aromatic heterocycles. The molecule has 2 rings (SSSR count). The number of benzene rings is 2. The van der Waals surface area contributed by atoms with E-state index in [0.29, 0.717) is 73.6 Å². The van der Waals surface area contributed by atoms with Gasteiger partial charge in [-0.05, 0) is 25.7 Å². The van der Waals surface area contributed by atoms with Crippen LogP contribution >= 0.6 is 0 Å². The predicted molar refractivity (Wildman–Crippen MR) is 310 cm³/mol. The second-order valence-corrected chi connectivity index (χ2v) is 20.9. The fourth-order valence-electron chi connectivity index (χ4n) is 9.37. The Bertz CT molecular complexity index is 1460. The zero-order valence-corrected chi connectivity index (χ0v) is 47.4. The quantitative estimate of drug-likeness (QED) is 0.0506. The summed E-state index contributed by atoms with van der Waals surface area (Å²) in [5, 5.41) is 22.5. The molecule has 2 N–H and O–H groups in total. The zero-order chi connectivity index (χ0) is 51.6. The minimum Gasteiger partial charge on any atom is -0.507 e. The molecule has 2 aromatic carbocycles. The van der Waals surface area contributed by atoms with Crippen LogP contribution in [0.1, 0.15) is 296 Å². The van der Waals surface area contributed by atoms with E-state index in [0.717, 1.165) is 51.4 Å². The molecule has 0 saturated heterocycles. The van der Waals surface area contributed by atoms with Gasteiger partial charge in [-0.3, -0.25) is 9.98 Å². The minimum atomic E-state index is 0.102. The van der Waals surface area contributed by atoms with Crippen molar-refractivity contribution >= 4 is 12.4 Å². The third-order valence-electron chi connectivity index (χ3n) is 14.0. The van der Waals surface area contributed by atoms with E-state index < -0.39 is 0 Å². The van der Waals surface area contributed by atoms with Crippen molar-refractivity contribution in [1.29, 1.82) is 0 Å². The molecule has 8 heteroatoms. The highest BCUT2D eigenvalue weighted by Gasteiger charge is 2.14. The van der Waals surface area contributed by atoms with Crippen molar-refractivity contribution in [3.8, 4) is 34.5 Å². The van der Waals surface area contributed by atoms with Gasteiger partial charge in [0, 0.05) is 36.7 Å². The van der Waals surface area contributed by atoms with Crippen LogP contribution in [0.3, 0.4) is 0 Å². The maximum absolute atomic E-state index is 11.2. The largest absolute Gasteiger partial charge is 0.507 e. The number of phenolic OH excluding ortho intramolecular Hbond substituents is 2. The van der Waals surface area contributed by atoms with Gasteiger partial charge in [-0.25, -0.2) is 0 Å². The lowest BCUT2D eigenvalue weighted by Crippen LogP contribution is -2.04. The van der Waals surface area contributed by atoms with Crippen LogP contribution in [0.25, 0.3) is 0 Å². The Morgan fingerprint density at radius 2 is 0.528 bits per heavy atom. The third kappa shape index (κ3) is 35.7. The molecule has 0 aliphatic heterocycles. The van der Waals surface area contributed by atoms with Crippen LogP contribution in [0.2, 0.25) is 0 Å². The molecule has 0 amide bonds. The van der Waals surface area contributed by atoms with Gasteiger partial charge in [-0.2, -0.15) is 0 Å². The summed E-state index contributed by atoms with van der Waals surface area (Å²) in [6.45, 7) is 12.3. The van der Waals surface area contributed by atoms with Gasteiger partial charge in [0.15, 0.2) is 0 Å². The third-order valence-corrected chi connectivity index (χ3v) is 14.0. The van der Waals surface area contributed by atoms with E-state index in [1.807, 2.05) is 12.1 Å². The summed E-state index contributed by atoms with van der Waals surface area (Å²) < 4.78 is 25.0. The molecule has 414 valence electrons. The summed E-state index contributed by atoms with van der Waals surface area (Å²) in [4.78, 5) is 9.35. The van der Waals surface area contributed by atoms with E-state index in [2.05, 4.69) is 37.7 Å². The maximum atomic E-state index is 11.2. The van der Waals surface area contributed by atoms with Crippen LogP contribution in [-0.4, -0.2) is 62.2 Å². The van der Waals surface area contributed by atoms with Crippen LogP contribution in [0.4, 0.5) is 0 Å². The average Bonchev–Trinajstić information content (AvgIpc) is 3.37. The molecule has 0 radical (unpaired) electrons. The Labute approximate surface area is 443 Å². The van der Waals surface area contributed by atoms with Gasteiger partial charge < -0.3 is 29.2 Å². The maximum Gasteiger partial charge on any atom is 0.135 e. The number of hydrogen-bond acceptors (Lipinski definition) is 8. The Morgan fingerprint density at radius 3 is 0.778 bits per heavy atom. The van der Waals surface area contributed by atoms with Crippen molar-refractivity contribution < 1.29 is 29.2 Å². The Balaban J connectivity index is 2.01. The smallest absolute Gasteiger partial charge is 0.135 e. The highest BCUT2D eigenvalue weighted by Crippen LogP contribution is 2.34. The normalized spacial score (nSPS) is 11.7. The van der Waals surface area contributed by atoms with E-state index in [4.69, 9.17) is 18.9 Å². The molecule has 0 spiro atoms. The summed E-state index contributed by atoms with van der Waals surface area (Å²) in [6.07, 6.45) is 54.2. The van der Waals surface area contributed by atoms with Crippen molar-refractivity contribution in [2.45, 2.75) is 285 Å². The summed E-state index contributed by atoms with van der Waals surface area (Å²) in [5.74, 6) is 2.66. The van der Waals surface area contributed by atoms with Crippen LogP contribution in [-0.2, 0) is 0 Å². The summed E-state index contributed by atoms with van der Waals surface area (Å²) >= 11 is 0. The van der Waals surface area contributed by atoms with Gasteiger partial charge in [0.1, 0.15) is 34.5 Å². The van der Waals surface area contributed by atoms with Gasteiger partial charge in [0.25, 0.3) is 0 Å². The lowest BCUT2D eigenvalue weighted by molar-refractivity contribution is 0.286. The highest BCUT2D eigenvalue weighted by atomic mass is 16.5. The zero-order valence-electron chi connectivity index (χ0n) is 47.4. The van der Waals surface area contributed by atoms with Gasteiger partial charge in [0.2, 0.25) is 0 Å². The molecular weight excluding hydrogens is 893 g/mol. The molecule has 0 unspecified atom stereocenters. The van der Waals surface area contributed by atoms with Crippen molar-refractivity contribution in [2.75, 3.05) is 39.5 Å². The van der Waals surface area contributed by atoms with Crippen molar-refractivity contribution in [2.24, 2.45) is 9.98 Å². The molecule has 72 heavy (non-hydrogen) atoms. The van der Waals surface area contributed by atoms with Crippen molar-refractivity contribution in [3.63, 3.8) is 0 Å². The standard InChI is InChI=1S/C64H112N2O6/c1-5-9-13-17-21-25-29-33-37-41-47-69-57-51-61(67)59(63(53-57)71-49-43-39-35-31-27-23-19-15-11-7-3)55-65-45-46-66-56-60-62(68)52-58(70-48-42-38-34-30-26-22-18-14-10-6-2)54-64(60)72-50-44-40-36-32-28-24-20-16-12-8-4/h51-56,67-68H,5-50H2,1-4H3. The van der Waals surface area contributed by atoms with Gasteiger partial charge in [0.05, 0.1) is 50.6 Å². The number of nitrogens with zero attached hydrogens (tertiary/aromatic N) is 2. The van der Waals surface area contributed by atoms with Crippen LogP contribution in [0.5, 0.6) is 34.5 Å². The molecule has 8 nitrogen and oxygen atoms in total. The lowest BCUT2D eigenvalue weighted by atomic mass is 10.1. The van der Waals surface area contributed by atoms with Gasteiger partial charge in [-0.15, -0.1) is 0 Å². The lowest BCUT2D eigenvalue weighted by Gasteiger charge is -2.14. The number of ether oxygens (including phenoxy) is 4. The van der Waals surface area contributed by atoms with Crippen molar-refractivity contribution in [1.82, 2.24) is 0 Å². The Hall–Kier alpha value is -3.42. The first-order valence-electron chi connectivity index (χ1n) is 30.8. The molecule has 0 atom stereocenters. The Kier molecular flexibility index (Phi) is 43.6. The summed E-state index contributed by atoms with van der Waals surface area (Å²) in [6, 6.07) is 7.20. The van der Waals surface area contributed by atoms with Gasteiger partial charge >= 0.3 is 0 Å². The van der Waals surface area contributed by atoms with Gasteiger partial charge in [-0.1, -0.05) is 259 Å². The minimum absolute atomic E-state index is 0.102. The molecule has 0 bridgehead atoms. The first kappa shape index (κ1) is 64.7. The second-order valence-electron chi connectivity index (χ2n) is 20.9. The fourth-order valence-corrected chi connectivity index (χ4v) is 9.37. The first-order chi connectivity index (χ1) is 35.5. The molecule has 0 aliphatic carbocycles. The van der Waals surface area contributed by atoms with E-state index >= 15 is 0 Å². The monoisotopic (exact) mass is 1000 g/mol. The Morgan fingerprint density at radius 1 is 0.306 bits per heavy atom. The first-order valence-corrected chi connectivity index (χ1v) is 30.8. The molecule has 0 aliphatic rings. The van der Waals surface area contributed by atoms with E-state index in [-0.39, 0.29) is 11.5 Å². The number of aliphatic imine (C=N–C) groups is 2. The number of unbranched alkanes of at least 4 members (excludes halogenated alkanes) is 36. The second kappa shape index (κ2) is 48.5. The van der Waals surface area contributed by atoms with Crippen LogP contribution in [0.15, 0.2) is 34.3 Å². The van der Waals surface area contributed by atoms with E-state index in [1.165, 1.54) is 205 Å². The van der Waals surface area contributed by atoms with Crippen LogP contribution in [0, 0.1) is 0 Å². The summed E-state index contributed by atoms with van der Waals surface area (Å²) in [5.41, 5.74) is 1.12. The molecule has 0 fully saturated rings. The SMILES string of the molecule is CCCCCCCCCCCCOc1cc(O)c(C=NCCN=Cc2c(O)cc(OCCCCCCCCCCCC)cc2OCCCCCCCCCCCC)c(OCCCCCCCCCCCC)c1. The predicted octanol–water partition coefficient (Wildman–Crippen LogP) is 19.8. The van der Waals surface area contributed by atoms with Crippen molar-refractivity contribution in [3.05, 3.63) is 35.4 Å². The molecular formula is C64H112N2O6.